The van der Waals surface area contributed by atoms with Gasteiger partial charge in [-0.2, -0.15) is 0 Å². The van der Waals surface area contributed by atoms with Gasteiger partial charge in [-0.15, -0.1) is 0 Å². The molecule has 1 aliphatic rings. The zero-order valence-corrected chi connectivity index (χ0v) is 10.7. The van der Waals surface area contributed by atoms with Gasteiger partial charge in [0.15, 0.2) is 0 Å². The van der Waals surface area contributed by atoms with Gasteiger partial charge in [0.05, 0.1) is 5.52 Å². The lowest BCUT2D eigenvalue weighted by molar-refractivity contribution is -0.119. The highest BCUT2D eigenvalue weighted by Crippen LogP contribution is 2.32. The van der Waals surface area contributed by atoms with Crippen LogP contribution in [-0.2, 0) is 4.79 Å². The molecule has 1 aromatic carbocycles. The Labute approximate surface area is 107 Å². The van der Waals surface area contributed by atoms with Crippen molar-refractivity contribution in [1.29, 1.82) is 0 Å². The van der Waals surface area contributed by atoms with Gasteiger partial charge in [-0.1, -0.05) is 28.1 Å². The quantitative estimate of drug-likeness (QED) is 0.877. The summed E-state index contributed by atoms with van der Waals surface area (Å²) in [7, 11) is 0. The van der Waals surface area contributed by atoms with Crippen LogP contribution in [0.15, 0.2) is 34.9 Å². The van der Waals surface area contributed by atoms with Crippen molar-refractivity contribution in [2.24, 2.45) is 0 Å². The molecule has 2 heterocycles. The average molecular weight is 291 g/mol. The zero-order chi connectivity index (χ0) is 11.8. The number of hydrogen-bond donors (Lipinski definition) is 1. The normalized spacial score (nSPS) is 19.6. The number of fused-ring (bicyclic) bond motifs is 1. The molecular weight excluding hydrogens is 280 g/mol. The van der Waals surface area contributed by atoms with Gasteiger partial charge in [-0.05, 0) is 17.7 Å². The largest absolute Gasteiger partial charge is 0.355 e. The smallest absolute Gasteiger partial charge is 0.220 e. The van der Waals surface area contributed by atoms with Crippen LogP contribution in [0, 0.1) is 0 Å². The number of carbonyl (C=O) groups excluding carboxylic acids is 1. The Morgan fingerprint density at radius 3 is 3.00 bits per heavy atom. The molecule has 3 rings (SSSR count). The van der Waals surface area contributed by atoms with Crippen LogP contribution in [0.1, 0.15) is 17.9 Å². The second kappa shape index (κ2) is 4.11. The summed E-state index contributed by atoms with van der Waals surface area (Å²) in [6, 6.07) is 8.06. The van der Waals surface area contributed by atoms with E-state index in [2.05, 4.69) is 32.3 Å². The summed E-state index contributed by atoms with van der Waals surface area (Å²) in [4.78, 5) is 15.7. The first-order valence-electron chi connectivity index (χ1n) is 5.55. The zero-order valence-electron chi connectivity index (χ0n) is 9.11. The maximum atomic E-state index is 11.3. The first kappa shape index (κ1) is 10.7. The standard InChI is InChI=1S/C13H11BrN2O/c14-11-4-3-9(8-6-12(17)16-7-8)13-10(11)2-1-5-15-13/h1-5,8H,6-7H2,(H,16,17). The van der Waals surface area contributed by atoms with Crippen molar-refractivity contribution in [1.82, 2.24) is 10.3 Å². The Balaban J connectivity index is 2.17. The molecule has 0 saturated carbocycles. The van der Waals surface area contributed by atoms with Crippen molar-refractivity contribution in [3.8, 4) is 0 Å². The van der Waals surface area contributed by atoms with Gasteiger partial charge in [0.2, 0.25) is 5.91 Å². The van der Waals surface area contributed by atoms with E-state index in [4.69, 9.17) is 0 Å². The molecule has 3 nitrogen and oxygen atoms in total. The van der Waals surface area contributed by atoms with Crippen LogP contribution >= 0.6 is 15.9 Å². The third-order valence-corrected chi connectivity index (χ3v) is 3.86. The highest BCUT2D eigenvalue weighted by molar-refractivity contribution is 9.10. The number of nitrogens with one attached hydrogen (secondary N) is 1. The summed E-state index contributed by atoms with van der Waals surface area (Å²) < 4.78 is 1.04. The van der Waals surface area contributed by atoms with Crippen LogP contribution in [0.5, 0.6) is 0 Å². The Bertz CT molecular complexity index is 597. The number of rotatable bonds is 1. The monoisotopic (exact) mass is 290 g/mol. The van der Waals surface area contributed by atoms with Crippen LogP contribution in [0.3, 0.4) is 0 Å². The molecule has 0 radical (unpaired) electrons. The Morgan fingerprint density at radius 1 is 1.35 bits per heavy atom. The number of halogens is 1. The molecule has 0 bridgehead atoms. The van der Waals surface area contributed by atoms with E-state index >= 15 is 0 Å². The minimum absolute atomic E-state index is 0.127. The first-order chi connectivity index (χ1) is 8.25. The number of pyridine rings is 1. The van der Waals surface area contributed by atoms with Gasteiger partial charge < -0.3 is 5.32 Å². The molecule has 1 aliphatic heterocycles. The van der Waals surface area contributed by atoms with E-state index in [-0.39, 0.29) is 11.8 Å². The number of benzene rings is 1. The molecule has 1 aromatic heterocycles. The summed E-state index contributed by atoms with van der Waals surface area (Å²) in [6.45, 7) is 0.714. The number of carbonyl (C=O) groups is 1. The van der Waals surface area contributed by atoms with Crippen molar-refractivity contribution in [2.45, 2.75) is 12.3 Å². The second-order valence-corrected chi connectivity index (χ2v) is 5.10. The van der Waals surface area contributed by atoms with Crippen LogP contribution < -0.4 is 5.32 Å². The second-order valence-electron chi connectivity index (χ2n) is 4.24. The lowest BCUT2D eigenvalue weighted by atomic mass is 9.95. The Morgan fingerprint density at radius 2 is 2.24 bits per heavy atom. The van der Waals surface area contributed by atoms with Crippen LogP contribution in [-0.4, -0.2) is 17.4 Å². The topological polar surface area (TPSA) is 42.0 Å². The van der Waals surface area contributed by atoms with Crippen LogP contribution in [0.25, 0.3) is 10.9 Å². The van der Waals surface area contributed by atoms with Gasteiger partial charge in [0, 0.05) is 34.9 Å². The Hall–Kier alpha value is -1.42. The fourth-order valence-electron chi connectivity index (χ4n) is 2.31. The molecule has 1 amide bonds. The molecule has 1 N–H and O–H groups in total. The molecule has 1 fully saturated rings. The summed E-state index contributed by atoms with van der Waals surface area (Å²) in [5.74, 6) is 0.370. The molecule has 1 unspecified atom stereocenters. The summed E-state index contributed by atoms with van der Waals surface area (Å²) in [5.41, 5.74) is 2.14. The molecule has 0 aliphatic carbocycles. The maximum Gasteiger partial charge on any atom is 0.220 e. The summed E-state index contributed by atoms with van der Waals surface area (Å²) >= 11 is 3.53. The van der Waals surface area contributed by atoms with E-state index in [0.717, 1.165) is 20.9 Å². The fourth-order valence-corrected chi connectivity index (χ4v) is 2.77. The lowest BCUT2D eigenvalue weighted by Crippen LogP contribution is -2.13. The lowest BCUT2D eigenvalue weighted by Gasteiger charge is -2.11. The maximum absolute atomic E-state index is 11.3. The minimum Gasteiger partial charge on any atom is -0.355 e. The molecule has 0 spiro atoms. The fraction of sp³-hybridized carbons (Fsp3) is 0.231. The molecule has 2 aromatic rings. The molecule has 17 heavy (non-hydrogen) atoms. The van der Waals surface area contributed by atoms with E-state index in [9.17, 15) is 4.79 Å². The van der Waals surface area contributed by atoms with E-state index in [1.54, 1.807) is 6.20 Å². The van der Waals surface area contributed by atoms with E-state index < -0.39 is 0 Å². The molecule has 86 valence electrons. The van der Waals surface area contributed by atoms with Crippen molar-refractivity contribution >= 4 is 32.7 Å². The third-order valence-electron chi connectivity index (χ3n) is 3.16. The minimum atomic E-state index is 0.127. The number of hydrogen-bond acceptors (Lipinski definition) is 2. The third kappa shape index (κ3) is 1.82. The van der Waals surface area contributed by atoms with E-state index in [0.29, 0.717) is 13.0 Å². The Kier molecular flexibility index (Phi) is 2.59. The predicted octanol–water partition coefficient (Wildman–Crippen LogP) is 2.60. The van der Waals surface area contributed by atoms with Crippen molar-refractivity contribution in [3.05, 3.63) is 40.5 Å². The average Bonchev–Trinajstić information content (AvgIpc) is 2.77. The highest BCUT2D eigenvalue weighted by Gasteiger charge is 2.25. The number of amides is 1. The molecule has 4 heteroatoms. The first-order valence-corrected chi connectivity index (χ1v) is 6.35. The predicted molar refractivity (Wildman–Crippen MR) is 69.8 cm³/mol. The van der Waals surface area contributed by atoms with E-state index in [1.807, 2.05) is 18.2 Å². The number of aromatic nitrogens is 1. The van der Waals surface area contributed by atoms with Crippen molar-refractivity contribution in [2.75, 3.05) is 6.54 Å². The van der Waals surface area contributed by atoms with E-state index in [1.165, 1.54) is 0 Å². The van der Waals surface area contributed by atoms with Gasteiger partial charge in [0.1, 0.15) is 0 Å². The number of nitrogens with zero attached hydrogens (tertiary/aromatic N) is 1. The van der Waals surface area contributed by atoms with Gasteiger partial charge in [0.25, 0.3) is 0 Å². The van der Waals surface area contributed by atoms with Gasteiger partial charge >= 0.3 is 0 Å². The van der Waals surface area contributed by atoms with Crippen LogP contribution in [0.2, 0.25) is 0 Å². The highest BCUT2D eigenvalue weighted by atomic mass is 79.9. The molecule has 1 saturated heterocycles. The molecule has 1 atom stereocenters. The van der Waals surface area contributed by atoms with Crippen LogP contribution in [0.4, 0.5) is 0 Å². The summed E-state index contributed by atoms with van der Waals surface area (Å²) in [6.07, 6.45) is 2.36. The van der Waals surface area contributed by atoms with Crippen molar-refractivity contribution in [3.63, 3.8) is 0 Å². The SMILES string of the molecule is O=C1CC(c2ccc(Br)c3cccnc23)CN1. The summed E-state index contributed by atoms with van der Waals surface area (Å²) in [5, 5.41) is 3.97. The van der Waals surface area contributed by atoms with Crippen molar-refractivity contribution < 1.29 is 4.79 Å². The van der Waals surface area contributed by atoms with Gasteiger partial charge in [-0.25, -0.2) is 0 Å². The molecular formula is C13H11BrN2O. The van der Waals surface area contributed by atoms with Gasteiger partial charge in [-0.3, -0.25) is 9.78 Å².